The fraction of sp³-hybridized carbons (Fsp3) is 0.154. The number of anilines is 1. The van der Waals surface area contributed by atoms with Gasteiger partial charge in [0.1, 0.15) is 16.5 Å². The van der Waals surface area contributed by atoms with Crippen molar-refractivity contribution in [3.05, 3.63) is 52.9 Å². The Balaban J connectivity index is 2.11. The molecule has 0 radical (unpaired) electrons. The van der Waals surface area contributed by atoms with Crippen LogP contribution in [0.3, 0.4) is 0 Å². The Hall–Kier alpha value is -1.70. The van der Waals surface area contributed by atoms with Crippen LogP contribution in [0.15, 0.2) is 41.4 Å². The van der Waals surface area contributed by atoms with Crippen molar-refractivity contribution >= 4 is 27.4 Å². The summed E-state index contributed by atoms with van der Waals surface area (Å²) < 4.78 is 39.6. The van der Waals surface area contributed by atoms with Gasteiger partial charge in [0.05, 0.1) is 5.02 Å². The van der Waals surface area contributed by atoms with Crippen LogP contribution in [0.4, 0.5) is 10.2 Å². The van der Waals surface area contributed by atoms with Gasteiger partial charge in [-0.15, -0.1) is 0 Å². The van der Waals surface area contributed by atoms with Crippen LogP contribution in [0.2, 0.25) is 5.02 Å². The number of aromatic nitrogens is 1. The Morgan fingerprint density at radius 1 is 1.29 bits per heavy atom. The molecule has 1 aromatic heterocycles. The number of hydrogen-bond donors (Lipinski definition) is 2. The molecule has 0 aliphatic carbocycles. The highest BCUT2D eigenvalue weighted by molar-refractivity contribution is 7.89. The van der Waals surface area contributed by atoms with Gasteiger partial charge in [0.25, 0.3) is 0 Å². The second-order valence-corrected chi connectivity index (χ2v) is 6.38. The predicted molar refractivity (Wildman–Crippen MR) is 79.2 cm³/mol. The Bertz CT molecular complexity index is 736. The first-order valence-electron chi connectivity index (χ1n) is 6.00. The van der Waals surface area contributed by atoms with E-state index in [-0.39, 0.29) is 16.5 Å². The molecule has 1 aromatic carbocycles. The smallest absolute Gasteiger partial charge is 0.242 e. The van der Waals surface area contributed by atoms with Crippen molar-refractivity contribution < 1.29 is 12.8 Å². The van der Waals surface area contributed by atoms with E-state index in [9.17, 15) is 12.8 Å². The molecular formula is C13H13ClFN3O2S. The lowest BCUT2D eigenvalue weighted by molar-refractivity contribution is 0.581. The lowest BCUT2D eigenvalue weighted by Gasteiger charge is -2.08. The van der Waals surface area contributed by atoms with E-state index in [2.05, 4.69) is 15.0 Å². The summed E-state index contributed by atoms with van der Waals surface area (Å²) in [6.07, 6.45) is 1.26. The molecule has 0 fully saturated rings. The fourth-order valence-electron chi connectivity index (χ4n) is 1.60. The molecule has 0 spiro atoms. The zero-order valence-corrected chi connectivity index (χ0v) is 12.7. The van der Waals surface area contributed by atoms with Gasteiger partial charge in [-0.05, 0) is 29.8 Å². The van der Waals surface area contributed by atoms with E-state index in [1.807, 2.05) is 0 Å². The molecule has 0 atom stereocenters. The number of nitrogens with zero attached hydrogens (tertiary/aromatic N) is 1. The minimum absolute atomic E-state index is 0.0100. The molecule has 8 heteroatoms. The molecule has 0 aliphatic heterocycles. The second kappa shape index (κ2) is 6.38. The highest BCUT2D eigenvalue weighted by Gasteiger charge is 2.14. The van der Waals surface area contributed by atoms with Gasteiger partial charge in [-0.25, -0.2) is 22.5 Å². The van der Waals surface area contributed by atoms with Gasteiger partial charge in [-0.3, -0.25) is 0 Å². The number of halogens is 2. The molecule has 2 rings (SSSR count). The van der Waals surface area contributed by atoms with Gasteiger partial charge in [-0.1, -0.05) is 17.7 Å². The first-order valence-corrected chi connectivity index (χ1v) is 7.86. The van der Waals surface area contributed by atoms with Crippen molar-refractivity contribution in [1.29, 1.82) is 0 Å². The number of rotatable bonds is 5. The minimum atomic E-state index is -3.68. The van der Waals surface area contributed by atoms with Gasteiger partial charge >= 0.3 is 0 Å². The summed E-state index contributed by atoms with van der Waals surface area (Å²) in [5, 5.41) is 2.75. The molecule has 112 valence electrons. The van der Waals surface area contributed by atoms with Crippen LogP contribution < -0.4 is 10.0 Å². The van der Waals surface area contributed by atoms with Crippen LogP contribution in [0.5, 0.6) is 0 Å². The molecule has 5 nitrogen and oxygen atoms in total. The van der Waals surface area contributed by atoms with Crippen LogP contribution in [0, 0.1) is 5.82 Å². The second-order valence-electron chi connectivity index (χ2n) is 4.20. The number of pyridine rings is 1. The Morgan fingerprint density at radius 3 is 2.62 bits per heavy atom. The molecule has 0 unspecified atom stereocenters. The lowest BCUT2D eigenvalue weighted by atomic mass is 10.2. The minimum Gasteiger partial charge on any atom is -0.373 e. The topological polar surface area (TPSA) is 71.1 Å². The third kappa shape index (κ3) is 3.90. The normalized spacial score (nSPS) is 11.4. The summed E-state index contributed by atoms with van der Waals surface area (Å²) in [4.78, 5) is 3.99. The maximum absolute atomic E-state index is 13.0. The number of nitrogens with one attached hydrogen (secondary N) is 2. The van der Waals surface area contributed by atoms with E-state index in [1.54, 1.807) is 13.1 Å². The van der Waals surface area contributed by atoms with Gasteiger partial charge in [0.2, 0.25) is 10.0 Å². The number of hydrogen-bond acceptors (Lipinski definition) is 4. The molecule has 0 saturated carbocycles. The molecular weight excluding hydrogens is 317 g/mol. The summed E-state index contributed by atoms with van der Waals surface area (Å²) in [6, 6.07) is 7.03. The van der Waals surface area contributed by atoms with Gasteiger partial charge in [0, 0.05) is 19.8 Å². The molecule has 21 heavy (non-hydrogen) atoms. The highest BCUT2D eigenvalue weighted by atomic mass is 35.5. The third-order valence-corrected chi connectivity index (χ3v) is 4.43. The monoisotopic (exact) mass is 329 g/mol. The van der Waals surface area contributed by atoms with Crippen LogP contribution >= 0.6 is 11.6 Å². The molecule has 0 aliphatic rings. The molecule has 0 amide bonds. The standard InChI is InChI=1S/C13H13ClFN3O2S/c1-16-13-5-3-10(8-17-13)21(19,20)18-7-9-2-4-12(15)11(14)6-9/h2-6,8,18H,7H2,1H3,(H,16,17). The van der Waals surface area contributed by atoms with Crippen molar-refractivity contribution in [3.63, 3.8) is 0 Å². The van der Waals surface area contributed by atoms with Crippen LogP contribution in [0.1, 0.15) is 5.56 Å². The quantitative estimate of drug-likeness (QED) is 0.883. The Labute approximate surface area is 127 Å². The first-order chi connectivity index (χ1) is 9.92. The molecule has 1 heterocycles. The van der Waals surface area contributed by atoms with Gasteiger partial charge in [0.15, 0.2) is 0 Å². The Kier molecular flexibility index (Phi) is 4.76. The van der Waals surface area contributed by atoms with Crippen LogP contribution in [-0.4, -0.2) is 20.4 Å². The van der Waals surface area contributed by atoms with Crippen molar-refractivity contribution in [1.82, 2.24) is 9.71 Å². The average molecular weight is 330 g/mol. The average Bonchev–Trinajstić information content (AvgIpc) is 2.48. The molecule has 2 aromatic rings. The predicted octanol–water partition coefficient (Wildman–Crippen LogP) is 2.39. The van der Waals surface area contributed by atoms with Crippen molar-refractivity contribution in [2.24, 2.45) is 0 Å². The summed E-state index contributed by atoms with van der Waals surface area (Å²) in [5.74, 6) is 0.0226. The van der Waals surface area contributed by atoms with Crippen LogP contribution in [-0.2, 0) is 16.6 Å². The highest BCUT2D eigenvalue weighted by Crippen LogP contribution is 2.17. The van der Waals surface area contributed by atoms with E-state index in [4.69, 9.17) is 11.6 Å². The first kappa shape index (κ1) is 15.7. The summed E-state index contributed by atoms with van der Waals surface area (Å²) in [5.41, 5.74) is 0.560. The van der Waals surface area contributed by atoms with Crippen LogP contribution in [0.25, 0.3) is 0 Å². The van der Waals surface area contributed by atoms with E-state index in [0.717, 1.165) is 0 Å². The van der Waals surface area contributed by atoms with E-state index in [0.29, 0.717) is 11.4 Å². The maximum atomic E-state index is 13.0. The fourth-order valence-corrected chi connectivity index (χ4v) is 2.76. The third-order valence-electron chi connectivity index (χ3n) is 2.75. The number of benzene rings is 1. The van der Waals surface area contributed by atoms with Gasteiger partial charge in [-0.2, -0.15) is 0 Å². The summed E-state index contributed by atoms with van der Waals surface area (Å²) in [7, 11) is -2.00. The van der Waals surface area contributed by atoms with E-state index >= 15 is 0 Å². The zero-order valence-electron chi connectivity index (χ0n) is 11.1. The maximum Gasteiger partial charge on any atom is 0.242 e. The lowest BCUT2D eigenvalue weighted by Crippen LogP contribution is -2.23. The largest absolute Gasteiger partial charge is 0.373 e. The van der Waals surface area contributed by atoms with Crippen molar-refractivity contribution in [3.8, 4) is 0 Å². The SMILES string of the molecule is CNc1ccc(S(=O)(=O)NCc2ccc(F)c(Cl)c2)cn1. The van der Waals surface area contributed by atoms with E-state index in [1.165, 1.54) is 30.5 Å². The van der Waals surface area contributed by atoms with E-state index < -0.39 is 15.8 Å². The molecule has 0 saturated heterocycles. The number of sulfonamides is 1. The zero-order chi connectivity index (χ0) is 15.5. The van der Waals surface area contributed by atoms with Crippen molar-refractivity contribution in [2.45, 2.75) is 11.4 Å². The Morgan fingerprint density at radius 2 is 2.05 bits per heavy atom. The summed E-state index contributed by atoms with van der Waals surface area (Å²) >= 11 is 5.65. The van der Waals surface area contributed by atoms with Gasteiger partial charge < -0.3 is 5.32 Å². The van der Waals surface area contributed by atoms with Crippen molar-refractivity contribution in [2.75, 3.05) is 12.4 Å². The molecule has 0 bridgehead atoms. The molecule has 2 N–H and O–H groups in total. The summed E-state index contributed by atoms with van der Waals surface area (Å²) in [6.45, 7) is 0.0100.